The molecular weight excluding hydrogens is 258 g/mol. The molecular formula is C15H15NO2S. The number of hydrogen-bond acceptors (Lipinski definition) is 4. The summed E-state index contributed by atoms with van der Waals surface area (Å²) < 4.78 is 5.59. The van der Waals surface area contributed by atoms with E-state index in [4.69, 9.17) is 4.74 Å². The van der Waals surface area contributed by atoms with Crippen LogP contribution in [0.15, 0.2) is 42.6 Å². The predicted molar refractivity (Wildman–Crippen MR) is 78.3 cm³/mol. The normalized spacial score (nSPS) is 12.4. The SMILES string of the molecule is CS.O=C1CCc2cnc(Oc3ccccc3)cc21. The van der Waals surface area contributed by atoms with Crippen LogP contribution in [0.25, 0.3) is 0 Å². The average Bonchev–Trinajstić information content (AvgIpc) is 2.84. The Bertz CT molecular complexity index is 570. The molecule has 0 atom stereocenters. The summed E-state index contributed by atoms with van der Waals surface area (Å²) in [6, 6.07) is 11.2. The van der Waals surface area contributed by atoms with Crippen molar-refractivity contribution in [2.75, 3.05) is 6.26 Å². The number of nitrogens with zero attached hydrogens (tertiary/aromatic N) is 1. The zero-order valence-electron chi connectivity index (χ0n) is 10.7. The number of aromatic nitrogens is 1. The zero-order chi connectivity index (χ0) is 13.7. The summed E-state index contributed by atoms with van der Waals surface area (Å²) in [5, 5.41) is 0. The van der Waals surface area contributed by atoms with Crippen molar-refractivity contribution in [3.63, 3.8) is 0 Å². The molecule has 2 aromatic rings. The molecule has 19 heavy (non-hydrogen) atoms. The lowest BCUT2D eigenvalue weighted by atomic mass is 10.2. The van der Waals surface area contributed by atoms with Gasteiger partial charge in [0, 0.05) is 24.2 Å². The third-order valence-corrected chi connectivity index (χ3v) is 2.85. The average molecular weight is 273 g/mol. The lowest BCUT2D eigenvalue weighted by Crippen LogP contribution is -1.94. The predicted octanol–water partition coefficient (Wildman–Crippen LogP) is 3.55. The monoisotopic (exact) mass is 273 g/mol. The van der Waals surface area contributed by atoms with Gasteiger partial charge in [0.15, 0.2) is 5.78 Å². The van der Waals surface area contributed by atoms with Crippen molar-refractivity contribution >= 4 is 18.4 Å². The third-order valence-electron chi connectivity index (χ3n) is 2.85. The van der Waals surface area contributed by atoms with Gasteiger partial charge in [-0.3, -0.25) is 4.79 Å². The second-order valence-corrected chi connectivity index (χ2v) is 4.02. The molecule has 0 aliphatic heterocycles. The standard InChI is InChI=1S/C14H11NO2.CH4S/c16-13-7-6-10-9-15-14(8-12(10)13)17-11-4-2-1-3-5-11;1-2/h1-5,8-9H,6-7H2;2H,1H3. The summed E-state index contributed by atoms with van der Waals surface area (Å²) in [6.07, 6.45) is 4.82. The van der Waals surface area contributed by atoms with E-state index < -0.39 is 0 Å². The first-order valence-corrected chi connectivity index (χ1v) is 6.92. The molecule has 1 heterocycles. The van der Waals surface area contributed by atoms with Crippen molar-refractivity contribution in [2.24, 2.45) is 0 Å². The highest BCUT2D eigenvalue weighted by Gasteiger charge is 2.20. The maximum absolute atomic E-state index is 11.6. The first-order chi connectivity index (χ1) is 9.33. The lowest BCUT2D eigenvalue weighted by Gasteiger charge is -2.05. The van der Waals surface area contributed by atoms with Gasteiger partial charge in [0.1, 0.15) is 5.75 Å². The highest BCUT2D eigenvalue weighted by Crippen LogP contribution is 2.26. The minimum Gasteiger partial charge on any atom is -0.439 e. The number of carbonyl (C=O) groups is 1. The van der Waals surface area contributed by atoms with Gasteiger partial charge >= 0.3 is 0 Å². The molecule has 0 unspecified atom stereocenters. The largest absolute Gasteiger partial charge is 0.439 e. The van der Waals surface area contributed by atoms with E-state index in [9.17, 15) is 4.79 Å². The van der Waals surface area contributed by atoms with Crippen LogP contribution in [-0.4, -0.2) is 17.0 Å². The Hall–Kier alpha value is -1.81. The van der Waals surface area contributed by atoms with Gasteiger partial charge in [-0.1, -0.05) is 18.2 Å². The molecule has 0 spiro atoms. The molecule has 0 saturated carbocycles. The van der Waals surface area contributed by atoms with Crippen LogP contribution in [0.3, 0.4) is 0 Å². The maximum Gasteiger partial charge on any atom is 0.219 e. The van der Waals surface area contributed by atoms with Gasteiger partial charge in [0.25, 0.3) is 0 Å². The molecule has 4 heteroatoms. The van der Waals surface area contributed by atoms with Crippen LogP contribution in [0.4, 0.5) is 0 Å². The summed E-state index contributed by atoms with van der Waals surface area (Å²) >= 11 is 3.53. The molecule has 0 saturated heterocycles. The van der Waals surface area contributed by atoms with Gasteiger partial charge in [-0.2, -0.15) is 12.6 Å². The van der Waals surface area contributed by atoms with Crippen LogP contribution >= 0.6 is 12.6 Å². The van der Waals surface area contributed by atoms with Crippen molar-refractivity contribution in [3.8, 4) is 11.6 Å². The van der Waals surface area contributed by atoms with Crippen LogP contribution in [0.1, 0.15) is 22.3 Å². The van der Waals surface area contributed by atoms with Crippen molar-refractivity contribution in [2.45, 2.75) is 12.8 Å². The van der Waals surface area contributed by atoms with Gasteiger partial charge in [-0.25, -0.2) is 4.98 Å². The molecule has 1 aliphatic carbocycles. The van der Waals surface area contributed by atoms with Gasteiger partial charge < -0.3 is 4.74 Å². The van der Waals surface area contributed by atoms with Crippen molar-refractivity contribution in [1.82, 2.24) is 4.98 Å². The van der Waals surface area contributed by atoms with Crippen LogP contribution in [-0.2, 0) is 6.42 Å². The minimum atomic E-state index is 0.181. The minimum absolute atomic E-state index is 0.181. The summed E-state index contributed by atoms with van der Waals surface area (Å²) in [7, 11) is 0. The van der Waals surface area contributed by atoms with Gasteiger partial charge in [0.2, 0.25) is 5.88 Å². The number of aryl methyl sites for hydroxylation is 1. The zero-order valence-corrected chi connectivity index (χ0v) is 11.6. The van der Waals surface area contributed by atoms with E-state index >= 15 is 0 Å². The second kappa shape index (κ2) is 6.38. The molecule has 3 nitrogen and oxygen atoms in total. The van der Waals surface area contributed by atoms with Crippen LogP contribution < -0.4 is 4.74 Å². The Kier molecular flexibility index (Phi) is 4.58. The third kappa shape index (κ3) is 3.15. The van der Waals surface area contributed by atoms with E-state index in [0.717, 1.165) is 23.3 Å². The van der Waals surface area contributed by atoms with Gasteiger partial charge in [-0.05, 0) is 30.4 Å². The quantitative estimate of drug-likeness (QED) is 0.850. The number of benzene rings is 1. The van der Waals surface area contributed by atoms with Crippen LogP contribution in [0, 0.1) is 0 Å². The molecule has 0 N–H and O–H groups in total. The molecule has 98 valence electrons. The fraction of sp³-hybridized carbons (Fsp3) is 0.200. The van der Waals surface area contributed by atoms with E-state index in [-0.39, 0.29) is 5.78 Å². The number of pyridine rings is 1. The number of carbonyl (C=O) groups excluding carboxylic acids is 1. The van der Waals surface area contributed by atoms with E-state index in [0.29, 0.717) is 12.3 Å². The summed E-state index contributed by atoms with van der Waals surface area (Å²) in [5.41, 5.74) is 1.78. The fourth-order valence-corrected chi connectivity index (χ4v) is 1.97. The smallest absolute Gasteiger partial charge is 0.219 e. The first kappa shape index (κ1) is 13.6. The van der Waals surface area contributed by atoms with E-state index in [1.807, 2.05) is 30.3 Å². The molecule has 0 fully saturated rings. The first-order valence-electron chi connectivity index (χ1n) is 6.03. The van der Waals surface area contributed by atoms with Crippen molar-refractivity contribution in [3.05, 3.63) is 53.7 Å². The molecule has 0 amide bonds. The van der Waals surface area contributed by atoms with Crippen LogP contribution in [0.5, 0.6) is 11.6 Å². The van der Waals surface area contributed by atoms with Crippen molar-refractivity contribution in [1.29, 1.82) is 0 Å². The number of thiol groups is 1. The molecule has 1 aromatic carbocycles. The number of rotatable bonds is 2. The highest BCUT2D eigenvalue weighted by atomic mass is 32.1. The van der Waals surface area contributed by atoms with E-state index in [2.05, 4.69) is 17.6 Å². The number of ether oxygens (including phenoxy) is 1. The summed E-state index contributed by atoms with van der Waals surface area (Å²) in [4.78, 5) is 15.8. The Morgan fingerprint density at radius 1 is 1.16 bits per heavy atom. The lowest BCUT2D eigenvalue weighted by molar-refractivity contribution is 0.0994. The summed E-state index contributed by atoms with van der Waals surface area (Å²) in [6.45, 7) is 0. The number of Topliss-reactive ketones (excluding diaryl/α,β-unsaturated/α-hetero) is 1. The maximum atomic E-state index is 11.6. The molecule has 1 aliphatic rings. The van der Waals surface area contributed by atoms with Gasteiger partial charge in [0.05, 0.1) is 0 Å². The Balaban J connectivity index is 0.000000637. The van der Waals surface area contributed by atoms with E-state index in [1.165, 1.54) is 0 Å². The molecule has 1 aromatic heterocycles. The van der Waals surface area contributed by atoms with Crippen LogP contribution in [0.2, 0.25) is 0 Å². The second-order valence-electron chi connectivity index (χ2n) is 4.02. The molecule has 0 bridgehead atoms. The molecule has 3 rings (SSSR count). The molecule has 0 radical (unpaired) electrons. The topological polar surface area (TPSA) is 39.2 Å². The van der Waals surface area contributed by atoms with Crippen molar-refractivity contribution < 1.29 is 9.53 Å². The fourth-order valence-electron chi connectivity index (χ4n) is 1.97. The number of fused-ring (bicyclic) bond motifs is 1. The highest BCUT2D eigenvalue weighted by molar-refractivity contribution is 7.79. The number of ketones is 1. The Morgan fingerprint density at radius 3 is 2.63 bits per heavy atom. The van der Waals surface area contributed by atoms with E-state index in [1.54, 1.807) is 18.5 Å². The number of para-hydroxylation sites is 1. The Labute approximate surface area is 118 Å². The summed E-state index contributed by atoms with van der Waals surface area (Å²) in [5.74, 6) is 1.39. The number of hydrogen-bond donors (Lipinski definition) is 1. The Morgan fingerprint density at radius 2 is 1.89 bits per heavy atom. The van der Waals surface area contributed by atoms with Gasteiger partial charge in [-0.15, -0.1) is 0 Å².